The van der Waals surface area contributed by atoms with E-state index in [1.165, 1.54) is 15.9 Å². The second-order valence-electron chi connectivity index (χ2n) is 11.2. The predicted octanol–water partition coefficient (Wildman–Crippen LogP) is 7.28. The molecule has 0 radical (unpaired) electrons. The van der Waals surface area contributed by atoms with E-state index in [1.54, 1.807) is 0 Å². The molecular formula is C38H33N5O3S. The fraction of sp³-hybridized carbons (Fsp3) is 0.158. The molecule has 0 aliphatic carbocycles. The lowest BCUT2D eigenvalue weighted by Gasteiger charge is -2.10. The molecule has 0 saturated carbocycles. The minimum absolute atomic E-state index is 0.220. The zero-order valence-corrected chi connectivity index (χ0v) is 27.0. The summed E-state index contributed by atoms with van der Waals surface area (Å²) in [5, 5.41) is 9.52. The van der Waals surface area contributed by atoms with Crippen LogP contribution in [0.15, 0.2) is 114 Å². The summed E-state index contributed by atoms with van der Waals surface area (Å²) < 4.78 is 15.6. The average molecular weight is 640 g/mol. The Labute approximate surface area is 276 Å². The number of unbranched alkanes of at least 4 members (excludes halogenated alkanes) is 1. The highest BCUT2D eigenvalue weighted by Crippen LogP contribution is 2.30. The number of aromatic nitrogens is 5. The van der Waals surface area contributed by atoms with Crippen molar-refractivity contribution in [3.63, 3.8) is 0 Å². The summed E-state index contributed by atoms with van der Waals surface area (Å²) in [5.74, 6) is 2.12. The van der Waals surface area contributed by atoms with Crippen molar-refractivity contribution in [2.45, 2.75) is 33.3 Å². The monoisotopic (exact) mass is 639 g/mol. The number of nitrogens with zero attached hydrogens (tertiary/aromatic N) is 5. The summed E-state index contributed by atoms with van der Waals surface area (Å²) in [6.07, 6.45) is 5.92. The van der Waals surface area contributed by atoms with Crippen LogP contribution in [0.5, 0.6) is 11.5 Å². The lowest BCUT2D eigenvalue weighted by molar-refractivity contribution is 0.304. The van der Waals surface area contributed by atoms with Crippen molar-refractivity contribution in [3.05, 3.63) is 141 Å². The molecular weight excluding hydrogens is 607 g/mol. The molecule has 0 atom stereocenters. The van der Waals surface area contributed by atoms with E-state index in [-0.39, 0.29) is 5.56 Å². The Morgan fingerprint density at radius 3 is 2.32 bits per heavy atom. The number of fused-ring (bicyclic) bond motifs is 1. The highest BCUT2D eigenvalue weighted by Gasteiger charge is 2.16. The molecule has 0 amide bonds. The van der Waals surface area contributed by atoms with Crippen molar-refractivity contribution in [3.8, 4) is 39.8 Å². The molecule has 0 spiro atoms. The van der Waals surface area contributed by atoms with Crippen molar-refractivity contribution in [1.82, 2.24) is 24.4 Å². The van der Waals surface area contributed by atoms with E-state index in [0.29, 0.717) is 28.5 Å². The normalized spacial score (nSPS) is 11.7. The quantitative estimate of drug-likeness (QED) is 0.138. The van der Waals surface area contributed by atoms with Crippen molar-refractivity contribution in [2.75, 3.05) is 6.61 Å². The largest absolute Gasteiger partial charge is 0.494 e. The van der Waals surface area contributed by atoms with E-state index in [4.69, 9.17) is 14.6 Å². The predicted molar refractivity (Wildman–Crippen MR) is 186 cm³/mol. The molecule has 234 valence electrons. The maximum atomic E-state index is 13.6. The van der Waals surface area contributed by atoms with Gasteiger partial charge in [-0.25, -0.2) is 4.68 Å². The van der Waals surface area contributed by atoms with Crippen LogP contribution in [0.2, 0.25) is 0 Å². The van der Waals surface area contributed by atoms with Crippen molar-refractivity contribution in [1.29, 1.82) is 0 Å². The second-order valence-corrected chi connectivity index (χ2v) is 12.2. The number of hydrogen-bond donors (Lipinski definition) is 0. The van der Waals surface area contributed by atoms with Gasteiger partial charge < -0.3 is 9.47 Å². The van der Waals surface area contributed by atoms with Crippen molar-refractivity contribution >= 4 is 22.4 Å². The van der Waals surface area contributed by atoms with E-state index in [1.807, 2.05) is 121 Å². The lowest BCUT2D eigenvalue weighted by Crippen LogP contribution is -2.23. The number of thiazole rings is 1. The molecule has 0 N–H and O–H groups in total. The van der Waals surface area contributed by atoms with E-state index in [9.17, 15) is 4.79 Å². The smallest absolute Gasteiger partial charge is 0.291 e. The molecule has 7 rings (SSSR count). The Bertz CT molecular complexity index is 2240. The van der Waals surface area contributed by atoms with Gasteiger partial charge in [0.25, 0.3) is 5.56 Å². The van der Waals surface area contributed by atoms with E-state index in [2.05, 4.69) is 23.1 Å². The van der Waals surface area contributed by atoms with Gasteiger partial charge in [0.15, 0.2) is 5.82 Å². The highest BCUT2D eigenvalue weighted by atomic mass is 32.1. The third-order valence-electron chi connectivity index (χ3n) is 7.80. The van der Waals surface area contributed by atoms with Crippen LogP contribution in [0.3, 0.4) is 0 Å². The minimum Gasteiger partial charge on any atom is -0.494 e. The first-order valence-corrected chi connectivity index (χ1v) is 16.4. The standard InChI is InChI=1S/C38H33N5O3S/c1-3-4-21-45-32-18-15-28(16-19-32)36-39-38-43(41-36)37(44)34(47-38)23-30-24-42(31-13-9-6-10-14-31)40-35(30)29-17-20-33(26(2)22-29)46-25-27-11-7-5-8-12-27/h5-20,22-24H,3-4,21,25H2,1-2H3. The van der Waals surface area contributed by atoms with E-state index in [0.717, 1.165) is 63.5 Å². The Morgan fingerprint density at radius 1 is 0.851 bits per heavy atom. The van der Waals surface area contributed by atoms with Gasteiger partial charge in [-0.2, -0.15) is 14.6 Å². The molecule has 0 unspecified atom stereocenters. The van der Waals surface area contributed by atoms with Gasteiger partial charge in [0, 0.05) is 22.9 Å². The molecule has 3 aromatic heterocycles. The zero-order chi connectivity index (χ0) is 32.2. The molecule has 0 aliphatic rings. The van der Waals surface area contributed by atoms with Gasteiger partial charge in [0.2, 0.25) is 4.96 Å². The summed E-state index contributed by atoms with van der Waals surface area (Å²) in [7, 11) is 0. The summed E-state index contributed by atoms with van der Waals surface area (Å²) in [5.41, 5.74) is 6.12. The van der Waals surface area contributed by atoms with Crippen LogP contribution in [-0.2, 0) is 6.61 Å². The third-order valence-corrected chi connectivity index (χ3v) is 8.76. The summed E-state index contributed by atoms with van der Waals surface area (Å²) in [6.45, 7) is 5.34. The van der Waals surface area contributed by atoms with Gasteiger partial charge in [-0.05, 0) is 85.1 Å². The highest BCUT2D eigenvalue weighted by molar-refractivity contribution is 7.15. The molecule has 8 nitrogen and oxygen atoms in total. The van der Waals surface area contributed by atoms with Crippen LogP contribution in [0, 0.1) is 6.92 Å². The number of ether oxygens (including phenoxy) is 2. The first kappa shape index (κ1) is 30.1. The number of rotatable bonds is 11. The van der Waals surface area contributed by atoms with Gasteiger partial charge in [-0.3, -0.25) is 4.79 Å². The molecule has 0 fully saturated rings. The topological polar surface area (TPSA) is 83.5 Å². The summed E-state index contributed by atoms with van der Waals surface area (Å²) >= 11 is 1.31. The first-order chi connectivity index (χ1) is 23.1. The molecule has 9 heteroatoms. The maximum absolute atomic E-state index is 13.6. The van der Waals surface area contributed by atoms with Gasteiger partial charge in [-0.15, -0.1) is 5.10 Å². The van der Waals surface area contributed by atoms with Crippen LogP contribution in [0.1, 0.15) is 36.5 Å². The van der Waals surface area contributed by atoms with Crippen LogP contribution in [0.4, 0.5) is 0 Å². The number of hydrogen-bond acceptors (Lipinski definition) is 7. The first-order valence-electron chi connectivity index (χ1n) is 15.6. The fourth-order valence-electron chi connectivity index (χ4n) is 5.26. The second kappa shape index (κ2) is 13.4. The van der Waals surface area contributed by atoms with Crippen LogP contribution in [0.25, 0.3) is 39.4 Å². The number of aryl methyl sites for hydroxylation is 1. The SMILES string of the molecule is CCCCOc1ccc(-c2nc3sc(=Cc4cn(-c5ccccc5)nc4-c4ccc(OCc5ccccc5)c(C)c4)c(=O)n3n2)cc1. The Kier molecular flexibility index (Phi) is 8.62. The Hall–Kier alpha value is -5.54. The lowest BCUT2D eigenvalue weighted by atomic mass is 10.0. The van der Waals surface area contributed by atoms with Gasteiger partial charge in [0.05, 0.1) is 16.8 Å². The van der Waals surface area contributed by atoms with Crippen molar-refractivity contribution in [2.24, 2.45) is 0 Å². The van der Waals surface area contributed by atoms with Crippen LogP contribution < -0.4 is 19.6 Å². The molecule has 0 bridgehead atoms. The third kappa shape index (κ3) is 6.57. The summed E-state index contributed by atoms with van der Waals surface area (Å²) in [4.78, 5) is 18.8. The van der Waals surface area contributed by atoms with E-state index >= 15 is 0 Å². The average Bonchev–Trinajstić information content (AvgIpc) is 3.80. The molecule has 7 aromatic rings. The Balaban J connectivity index is 1.21. The van der Waals surface area contributed by atoms with Crippen LogP contribution >= 0.6 is 11.3 Å². The fourth-order valence-corrected chi connectivity index (χ4v) is 6.15. The number of benzene rings is 4. The molecule has 4 aromatic carbocycles. The van der Waals surface area contributed by atoms with Crippen molar-refractivity contribution < 1.29 is 9.47 Å². The Morgan fingerprint density at radius 2 is 1.60 bits per heavy atom. The van der Waals surface area contributed by atoms with Gasteiger partial charge in [-0.1, -0.05) is 73.2 Å². The van der Waals surface area contributed by atoms with E-state index < -0.39 is 0 Å². The molecule has 47 heavy (non-hydrogen) atoms. The van der Waals surface area contributed by atoms with Gasteiger partial charge in [0.1, 0.15) is 23.8 Å². The van der Waals surface area contributed by atoms with Crippen LogP contribution in [-0.4, -0.2) is 31.0 Å². The zero-order valence-electron chi connectivity index (χ0n) is 26.2. The molecule has 0 saturated heterocycles. The molecule has 3 heterocycles. The molecule has 0 aliphatic heterocycles. The number of para-hydroxylation sites is 1. The van der Waals surface area contributed by atoms with Gasteiger partial charge >= 0.3 is 0 Å². The summed E-state index contributed by atoms with van der Waals surface area (Å²) in [6, 6.07) is 33.7. The maximum Gasteiger partial charge on any atom is 0.291 e. The minimum atomic E-state index is -0.220.